The molecule has 1 saturated heterocycles. The van der Waals surface area contributed by atoms with Gasteiger partial charge in [0.05, 0.1) is 5.92 Å². The van der Waals surface area contributed by atoms with Crippen molar-refractivity contribution in [3.8, 4) is 0 Å². The summed E-state index contributed by atoms with van der Waals surface area (Å²) in [6.45, 7) is 5.56. The zero-order valence-corrected chi connectivity index (χ0v) is 12.2. The predicted octanol–water partition coefficient (Wildman–Crippen LogP) is 0.689. The number of hydrogen-bond acceptors (Lipinski definition) is 3. The molecule has 19 heavy (non-hydrogen) atoms. The summed E-state index contributed by atoms with van der Waals surface area (Å²) in [5.41, 5.74) is 0. The molecule has 2 N–H and O–H groups in total. The molecule has 0 aromatic carbocycles. The van der Waals surface area contributed by atoms with Crippen LogP contribution in [0.5, 0.6) is 0 Å². The van der Waals surface area contributed by atoms with Crippen LogP contribution < -0.4 is 5.32 Å². The normalized spacial score (nSPS) is 24.6. The number of likely N-dealkylation sites (tertiary alicyclic amines) is 1. The van der Waals surface area contributed by atoms with Crippen molar-refractivity contribution in [1.29, 1.82) is 0 Å². The Morgan fingerprint density at radius 3 is 2.47 bits per heavy atom. The highest BCUT2D eigenvalue weighted by atomic mass is 16.4. The molecule has 3 unspecified atom stereocenters. The van der Waals surface area contributed by atoms with Crippen LogP contribution in [0.2, 0.25) is 0 Å². The lowest BCUT2D eigenvalue weighted by Gasteiger charge is -2.22. The standard InChI is InChI=1S/C13H25N3O3/c1-5-10(12(17)18)6-14-13(19)16-7-9(2)11(8-16)15(3)4/h9-11H,5-8H2,1-4H3,(H,14,19)(H,17,18). The minimum atomic E-state index is -0.858. The van der Waals surface area contributed by atoms with Gasteiger partial charge in [-0.3, -0.25) is 4.79 Å². The quantitative estimate of drug-likeness (QED) is 0.771. The summed E-state index contributed by atoms with van der Waals surface area (Å²) >= 11 is 0. The molecule has 1 rings (SSSR count). The molecule has 2 amide bonds. The number of nitrogens with zero attached hydrogens (tertiary/aromatic N) is 2. The third kappa shape index (κ3) is 4.09. The van der Waals surface area contributed by atoms with Crippen LogP contribution >= 0.6 is 0 Å². The Bertz CT molecular complexity index is 333. The van der Waals surface area contributed by atoms with Crippen LogP contribution in [0.1, 0.15) is 20.3 Å². The molecule has 1 fully saturated rings. The molecule has 0 bridgehead atoms. The highest BCUT2D eigenvalue weighted by molar-refractivity contribution is 5.76. The zero-order valence-electron chi connectivity index (χ0n) is 12.2. The fraction of sp³-hybridized carbons (Fsp3) is 0.846. The highest BCUT2D eigenvalue weighted by Crippen LogP contribution is 2.19. The van der Waals surface area contributed by atoms with Crippen molar-refractivity contribution in [2.75, 3.05) is 33.7 Å². The maximum atomic E-state index is 12.0. The van der Waals surface area contributed by atoms with E-state index in [0.717, 1.165) is 6.54 Å². The lowest BCUT2D eigenvalue weighted by Crippen LogP contribution is -2.43. The minimum Gasteiger partial charge on any atom is -0.481 e. The number of likely N-dealkylation sites (N-methyl/N-ethyl adjacent to an activating group) is 1. The molecule has 110 valence electrons. The van der Waals surface area contributed by atoms with Gasteiger partial charge < -0.3 is 20.2 Å². The first-order chi connectivity index (χ1) is 8.86. The third-order valence-electron chi connectivity index (χ3n) is 3.86. The Labute approximate surface area is 114 Å². The first kappa shape index (κ1) is 15.8. The maximum absolute atomic E-state index is 12.0. The number of carboxylic acid groups (broad SMARTS) is 1. The molecule has 6 nitrogen and oxygen atoms in total. The Kier molecular flexibility index (Phi) is 5.60. The Morgan fingerprint density at radius 2 is 2.05 bits per heavy atom. The SMILES string of the molecule is CCC(CNC(=O)N1CC(C)C(N(C)C)C1)C(=O)O. The summed E-state index contributed by atoms with van der Waals surface area (Å²) in [4.78, 5) is 26.8. The van der Waals surface area contributed by atoms with E-state index in [0.29, 0.717) is 24.9 Å². The molecule has 0 radical (unpaired) electrons. The molecule has 6 heteroatoms. The molecular weight excluding hydrogens is 246 g/mol. The van der Waals surface area contributed by atoms with E-state index in [4.69, 9.17) is 5.11 Å². The number of urea groups is 1. The van der Waals surface area contributed by atoms with E-state index in [2.05, 4.69) is 17.1 Å². The number of carbonyl (C=O) groups excluding carboxylic acids is 1. The molecule has 0 aliphatic carbocycles. The smallest absolute Gasteiger partial charge is 0.317 e. The Morgan fingerprint density at radius 1 is 1.42 bits per heavy atom. The van der Waals surface area contributed by atoms with Crippen molar-refractivity contribution in [3.05, 3.63) is 0 Å². The largest absolute Gasteiger partial charge is 0.481 e. The number of amides is 2. The van der Waals surface area contributed by atoms with Crippen molar-refractivity contribution >= 4 is 12.0 Å². The fourth-order valence-corrected chi connectivity index (χ4v) is 2.52. The van der Waals surface area contributed by atoms with E-state index in [1.54, 1.807) is 4.90 Å². The predicted molar refractivity (Wildman–Crippen MR) is 73.0 cm³/mol. The number of nitrogens with one attached hydrogen (secondary N) is 1. The molecular formula is C13H25N3O3. The van der Waals surface area contributed by atoms with Gasteiger partial charge in [0.2, 0.25) is 0 Å². The lowest BCUT2D eigenvalue weighted by atomic mass is 10.1. The first-order valence-electron chi connectivity index (χ1n) is 6.78. The van der Waals surface area contributed by atoms with Crippen LogP contribution in [0, 0.1) is 11.8 Å². The van der Waals surface area contributed by atoms with Gasteiger partial charge in [0, 0.05) is 25.7 Å². The summed E-state index contributed by atoms with van der Waals surface area (Å²) in [6.07, 6.45) is 0.520. The van der Waals surface area contributed by atoms with E-state index in [-0.39, 0.29) is 12.6 Å². The Hall–Kier alpha value is -1.30. The third-order valence-corrected chi connectivity index (χ3v) is 3.86. The van der Waals surface area contributed by atoms with Gasteiger partial charge >= 0.3 is 12.0 Å². The monoisotopic (exact) mass is 271 g/mol. The van der Waals surface area contributed by atoms with Crippen LogP contribution in [0.15, 0.2) is 0 Å². The van der Waals surface area contributed by atoms with Crippen molar-refractivity contribution in [2.24, 2.45) is 11.8 Å². The summed E-state index contributed by atoms with van der Waals surface area (Å²) < 4.78 is 0. The molecule has 0 saturated carbocycles. The van der Waals surface area contributed by atoms with E-state index < -0.39 is 11.9 Å². The van der Waals surface area contributed by atoms with Crippen molar-refractivity contribution in [2.45, 2.75) is 26.3 Å². The van der Waals surface area contributed by atoms with E-state index in [1.807, 2.05) is 21.0 Å². The minimum absolute atomic E-state index is 0.157. The van der Waals surface area contributed by atoms with Crippen LogP contribution in [-0.4, -0.2) is 66.7 Å². The molecule has 1 aliphatic rings. The second-order valence-corrected chi connectivity index (χ2v) is 5.54. The number of carbonyl (C=O) groups is 2. The average molecular weight is 271 g/mol. The summed E-state index contributed by atoms with van der Waals surface area (Å²) in [6, 6.07) is 0.211. The molecule has 1 aliphatic heterocycles. The van der Waals surface area contributed by atoms with Gasteiger partial charge in [-0.2, -0.15) is 0 Å². The molecule has 0 spiro atoms. The van der Waals surface area contributed by atoms with Crippen LogP contribution in [-0.2, 0) is 4.79 Å². The number of rotatable bonds is 5. The Balaban J connectivity index is 2.45. The second kappa shape index (κ2) is 6.75. The molecule has 0 aromatic rings. The van der Waals surface area contributed by atoms with Crippen molar-refractivity contribution in [1.82, 2.24) is 15.1 Å². The first-order valence-corrected chi connectivity index (χ1v) is 6.78. The average Bonchev–Trinajstić information content (AvgIpc) is 2.71. The van der Waals surface area contributed by atoms with Crippen molar-refractivity contribution < 1.29 is 14.7 Å². The number of carboxylic acids is 1. The van der Waals surface area contributed by atoms with Gasteiger partial charge in [-0.15, -0.1) is 0 Å². The maximum Gasteiger partial charge on any atom is 0.317 e. The topological polar surface area (TPSA) is 72.9 Å². The van der Waals surface area contributed by atoms with Gasteiger partial charge in [-0.05, 0) is 26.4 Å². The van der Waals surface area contributed by atoms with Gasteiger partial charge in [0.15, 0.2) is 0 Å². The van der Waals surface area contributed by atoms with E-state index in [9.17, 15) is 9.59 Å². The molecule has 0 aromatic heterocycles. The number of hydrogen-bond donors (Lipinski definition) is 2. The van der Waals surface area contributed by atoms with Gasteiger partial charge in [-0.25, -0.2) is 4.79 Å². The summed E-state index contributed by atoms with van der Waals surface area (Å²) in [7, 11) is 4.03. The highest BCUT2D eigenvalue weighted by Gasteiger charge is 2.33. The van der Waals surface area contributed by atoms with Crippen LogP contribution in [0.25, 0.3) is 0 Å². The molecule has 1 heterocycles. The second-order valence-electron chi connectivity index (χ2n) is 5.54. The fourth-order valence-electron chi connectivity index (χ4n) is 2.52. The number of aliphatic carboxylic acids is 1. The lowest BCUT2D eigenvalue weighted by molar-refractivity contribution is -0.141. The van der Waals surface area contributed by atoms with Gasteiger partial charge in [-0.1, -0.05) is 13.8 Å². The van der Waals surface area contributed by atoms with Gasteiger partial charge in [0.25, 0.3) is 0 Å². The molecule has 3 atom stereocenters. The van der Waals surface area contributed by atoms with E-state index >= 15 is 0 Å². The van der Waals surface area contributed by atoms with Crippen molar-refractivity contribution in [3.63, 3.8) is 0 Å². The van der Waals surface area contributed by atoms with E-state index in [1.165, 1.54) is 0 Å². The van der Waals surface area contributed by atoms with Gasteiger partial charge in [0.1, 0.15) is 0 Å². The van der Waals surface area contributed by atoms with Crippen LogP contribution in [0.4, 0.5) is 4.79 Å². The zero-order chi connectivity index (χ0) is 14.6. The van der Waals surface area contributed by atoms with Crippen LogP contribution in [0.3, 0.4) is 0 Å². The summed E-state index contributed by atoms with van der Waals surface area (Å²) in [5, 5.41) is 11.7. The summed E-state index contributed by atoms with van der Waals surface area (Å²) in [5.74, 6) is -0.931.